The molecule has 0 atom stereocenters. The van der Waals surface area contributed by atoms with Crippen LogP contribution in [0.25, 0.3) is 33.4 Å². The normalized spacial score (nSPS) is 11.3. The highest BCUT2D eigenvalue weighted by molar-refractivity contribution is 6.07. The van der Waals surface area contributed by atoms with E-state index in [1.165, 1.54) is 12.1 Å². The number of rotatable bonds is 5. The molecule has 0 spiro atoms. The van der Waals surface area contributed by atoms with E-state index in [-0.39, 0.29) is 24.0 Å². The Bertz CT molecular complexity index is 1450. The Balaban J connectivity index is 1.50. The van der Waals surface area contributed by atoms with Gasteiger partial charge in [-0.25, -0.2) is 14.4 Å². The van der Waals surface area contributed by atoms with E-state index in [0.717, 1.165) is 23.4 Å². The van der Waals surface area contributed by atoms with Gasteiger partial charge >= 0.3 is 0 Å². The first-order chi connectivity index (χ1) is 15.5. The van der Waals surface area contributed by atoms with E-state index in [1.54, 1.807) is 25.1 Å². The zero-order valence-electron chi connectivity index (χ0n) is 17.6. The minimum absolute atomic E-state index is 0.260. The first kappa shape index (κ1) is 19.9. The van der Waals surface area contributed by atoms with Crippen LogP contribution in [-0.4, -0.2) is 25.6 Å². The van der Waals surface area contributed by atoms with Gasteiger partial charge in [-0.15, -0.1) is 0 Å². The van der Waals surface area contributed by atoms with Gasteiger partial charge in [-0.1, -0.05) is 17.3 Å². The number of pyridine rings is 1. The van der Waals surface area contributed by atoms with E-state index >= 15 is 0 Å². The Hall–Kier alpha value is -4.07. The molecule has 1 amide bonds. The molecule has 0 aliphatic heterocycles. The third-order valence-electron chi connectivity index (χ3n) is 5.46. The fraction of sp³-hybridized carbons (Fsp3) is 0.167. The number of carbonyl (C=O) groups excluding carboxylic acids is 1. The van der Waals surface area contributed by atoms with Gasteiger partial charge in [0.25, 0.3) is 11.6 Å². The van der Waals surface area contributed by atoms with Gasteiger partial charge in [0.05, 0.1) is 39.9 Å². The lowest BCUT2D eigenvalue weighted by Crippen LogP contribution is -2.25. The Labute approximate surface area is 182 Å². The van der Waals surface area contributed by atoms with Crippen LogP contribution >= 0.6 is 0 Å². The molecule has 5 aromatic rings. The summed E-state index contributed by atoms with van der Waals surface area (Å²) in [5, 5.41) is 7.49. The number of nitrogens with one attached hydrogen (secondary N) is 1. The van der Waals surface area contributed by atoms with Crippen LogP contribution in [0.15, 0.2) is 59.1 Å². The standard InChI is InChI=1S/C24H20FN5O2/c1-3-30-20-7-5-4-6-18(20)27-21(30)13-26-23(31)17-12-19(15-8-10-16(25)11-9-15)28-24-22(17)14(2)29-32-24/h4-12H,3,13H2,1-2H3,(H,26,31). The van der Waals surface area contributed by atoms with Crippen molar-refractivity contribution in [3.8, 4) is 11.3 Å². The first-order valence-electron chi connectivity index (χ1n) is 10.3. The lowest BCUT2D eigenvalue weighted by Gasteiger charge is -2.10. The molecule has 3 aromatic heterocycles. The number of imidazole rings is 1. The number of amides is 1. The first-order valence-corrected chi connectivity index (χ1v) is 10.3. The molecule has 8 heteroatoms. The van der Waals surface area contributed by atoms with E-state index in [2.05, 4.69) is 25.0 Å². The highest BCUT2D eigenvalue weighted by atomic mass is 19.1. The Morgan fingerprint density at radius 3 is 2.69 bits per heavy atom. The van der Waals surface area contributed by atoms with Crippen molar-refractivity contribution in [3.05, 3.63) is 77.5 Å². The molecule has 0 saturated heterocycles. The molecule has 32 heavy (non-hydrogen) atoms. The third-order valence-corrected chi connectivity index (χ3v) is 5.46. The van der Waals surface area contributed by atoms with Crippen LogP contribution in [-0.2, 0) is 13.1 Å². The van der Waals surface area contributed by atoms with Crippen LogP contribution in [0.1, 0.15) is 28.8 Å². The summed E-state index contributed by atoms with van der Waals surface area (Å²) in [6.07, 6.45) is 0. The van der Waals surface area contributed by atoms with E-state index < -0.39 is 0 Å². The van der Waals surface area contributed by atoms with Gasteiger partial charge in [0, 0.05) is 12.1 Å². The van der Waals surface area contributed by atoms with Crippen molar-refractivity contribution in [1.29, 1.82) is 0 Å². The number of aryl methyl sites for hydroxylation is 2. The minimum atomic E-state index is -0.345. The van der Waals surface area contributed by atoms with Crippen LogP contribution in [0.2, 0.25) is 0 Å². The van der Waals surface area contributed by atoms with Crippen molar-refractivity contribution >= 4 is 28.0 Å². The molecule has 0 saturated carbocycles. The van der Waals surface area contributed by atoms with Crippen molar-refractivity contribution < 1.29 is 13.7 Å². The molecule has 0 aliphatic carbocycles. The number of hydrogen-bond donors (Lipinski definition) is 1. The van der Waals surface area contributed by atoms with Gasteiger partial charge in [0.1, 0.15) is 11.6 Å². The summed E-state index contributed by atoms with van der Waals surface area (Å²) in [7, 11) is 0. The van der Waals surface area contributed by atoms with E-state index in [9.17, 15) is 9.18 Å². The molecule has 1 N–H and O–H groups in total. The summed E-state index contributed by atoms with van der Waals surface area (Å²) in [6, 6.07) is 15.5. The Morgan fingerprint density at radius 1 is 1.12 bits per heavy atom. The van der Waals surface area contributed by atoms with Gasteiger partial charge in [-0.2, -0.15) is 0 Å². The quantitative estimate of drug-likeness (QED) is 0.440. The predicted molar refractivity (Wildman–Crippen MR) is 119 cm³/mol. The average molecular weight is 429 g/mol. The predicted octanol–water partition coefficient (Wildman–Crippen LogP) is 4.64. The van der Waals surface area contributed by atoms with Crippen molar-refractivity contribution in [2.75, 3.05) is 0 Å². The molecule has 2 aromatic carbocycles. The molecule has 0 radical (unpaired) electrons. The average Bonchev–Trinajstić information content (AvgIpc) is 3.37. The number of para-hydroxylation sites is 2. The summed E-state index contributed by atoms with van der Waals surface area (Å²) in [5.74, 6) is 0.136. The summed E-state index contributed by atoms with van der Waals surface area (Å²) in [4.78, 5) is 22.4. The molecule has 7 nitrogen and oxygen atoms in total. The number of benzene rings is 2. The second-order valence-corrected chi connectivity index (χ2v) is 7.45. The highest BCUT2D eigenvalue weighted by Crippen LogP contribution is 2.27. The molecule has 3 heterocycles. The molecule has 0 bridgehead atoms. The SMILES string of the molecule is CCn1c(CNC(=O)c2cc(-c3ccc(F)cc3)nc3onc(C)c23)nc2ccccc21. The lowest BCUT2D eigenvalue weighted by molar-refractivity contribution is 0.0951. The van der Waals surface area contributed by atoms with Crippen LogP contribution in [0, 0.1) is 12.7 Å². The summed E-state index contributed by atoms with van der Waals surface area (Å²) >= 11 is 0. The van der Waals surface area contributed by atoms with Gasteiger partial charge < -0.3 is 14.4 Å². The lowest BCUT2D eigenvalue weighted by atomic mass is 10.1. The zero-order chi connectivity index (χ0) is 22.2. The van der Waals surface area contributed by atoms with Gasteiger partial charge in [0.15, 0.2) is 0 Å². The minimum Gasteiger partial charge on any atom is -0.345 e. The number of fused-ring (bicyclic) bond motifs is 2. The maximum atomic E-state index is 13.3. The summed E-state index contributed by atoms with van der Waals surface area (Å²) < 4.78 is 20.8. The molecule has 0 unspecified atom stereocenters. The van der Waals surface area contributed by atoms with Crippen LogP contribution in [0.3, 0.4) is 0 Å². The molecule has 0 fully saturated rings. The van der Waals surface area contributed by atoms with E-state index in [1.807, 2.05) is 31.2 Å². The monoisotopic (exact) mass is 429 g/mol. The summed E-state index contributed by atoms with van der Waals surface area (Å²) in [5.41, 5.74) is 4.31. The van der Waals surface area contributed by atoms with Crippen LogP contribution in [0.5, 0.6) is 0 Å². The molecule has 0 aliphatic rings. The highest BCUT2D eigenvalue weighted by Gasteiger charge is 2.20. The van der Waals surface area contributed by atoms with Gasteiger partial charge in [0.2, 0.25) is 0 Å². The van der Waals surface area contributed by atoms with E-state index in [4.69, 9.17) is 4.52 Å². The van der Waals surface area contributed by atoms with Gasteiger partial charge in [-0.3, -0.25) is 4.79 Å². The molecular weight excluding hydrogens is 409 g/mol. The summed E-state index contributed by atoms with van der Waals surface area (Å²) in [6.45, 7) is 4.81. The second-order valence-electron chi connectivity index (χ2n) is 7.45. The second kappa shape index (κ2) is 7.88. The van der Waals surface area contributed by atoms with Crippen molar-refractivity contribution in [1.82, 2.24) is 25.0 Å². The maximum absolute atomic E-state index is 13.3. The van der Waals surface area contributed by atoms with Crippen molar-refractivity contribution in [3.63, 3.8) is 0 Å². The number of halogens is 1. The van der Waals surface area contributed by atoms with Crippen LogP contribution < -0.4 is 5.32 Å². The van der Waals surface area contributed by atoms with Crippen molar-refractivity contribution in [2.45, 2.75) is 26.9 Å². The molecule has 160 valence electrons. The number of hydrogen-bond acceptors (Lipinski definition) is 5. The zero-order valence-corrected chi connectivity index (χ0v) is 17.6. The maximum Gasteiger partial charge on any atom is 0.259 e. The topological polar surface area (TPSA) is 85.8 Å². The number of nitrogens with zero attached hydrogens (tertiary/aromatic N) is 4. The van der Waals surface area contributed by atoms with Gasteiger partial charge in [-0.05, 0) is 56.3 Å². The number of carbonyl (C=O) groups is 1. The number of aromatic nitrogens is 4. The fourth-order valence-electron chi connectivity index (χ4n) is 3.91. The Kier molecular flexibility index (Phi) is 4.89. The smallest absolute Gasteiger partial charge is 0.259 e. The van der Waals surface area contributed by atoms with Crippen molar-refractivity contribution in [2.24, 2.45) is 0 Å². The molecular formula is C24H20FN5O2. The van der Waals surface area contributed by atoms with E-state index in [0.29, 0.717) is 27.9 Å². The largest absolute Gasteiger partial charge is 0.345 e. The Morgan fingerprint density at radius 2 is 1.91 bits per heavy atom. The van der Waals surface area contributed by atoms with Crippen LogP contribution in [0.4, 0.5) is 4.39 Å². The molecule has 5 rings (SSSR count). The fourth-order valence-corrected chi connectivity index (χ4v) is 3.91. The third kappa shape index (κ3) is 3.39.